The third-order valence-corrected chi connectivity index (χ3v) is 3.06. The zero-order chi connectivity index (χ0) is 13.1. The number of aromatic nitrogens is 1. The van der Waals surface area contributed by atoms with E-state index in [1.165, 1.54) is 0 Å². The van der Waals surface area contributed by atoms with Gasteiger partial charge in [-0.15, -0.1) is 0 Å². The predicted molar refractivity (Wildman–Crippen MR) is 73.6 cm³/mol. The molecule has 0 aliphatic rings. The highest BCUT2D eigenvalue weighted by Gasteiger charge is 2.13. The Hall–Kier alpha value is -1.65. The Bertz CT molecular complexity index is 585. The van der Waals surface area contributed by atoms with Gasteiger partial charge in [0.05, 0.1) is 22.3 Å². The van der Waals surface area contributed by atoms with Crippen molar-refractivity contribution in [1.82, 2.24) is 4.98 Å². The number of amides is 1. The molecule has 3 N–H and O–H groups in total. The SMILES string of the molecule is CC[C@H](N)C(=O)Nc1ccc(Cl)c2ncccc12. The molecule has 4 nitrogen and oxygen atoms in total. The lowest BCUT2D eigenvalue weighted by Gasteiger charge is -2.12. The van der Waals surface area contributed by atoms with Crippen LogP contribution in [0.2, 0.25) is 5.02 Å². The second-order valence-electron chi connectivity index (χ2n) is 4.00. The topological polar surface area (TPSA) is 68.0 Å². The molecule has 0 radical (unpaired) electrons. The number of nitrogens with two attached hydrogens (primary N) is 1. The maximum atomic E-state index is 11.8. The normalized spacial score (nSPS) is 12.4. The number of carbonyl (C=O) groups is 1. The lowest BCUT2D eigenvalue weighted by atomic mass is 10.1. The molecule has 1 atom stereocenters. The van der Waals surface area contributed by atoms with Crippen LogP contribution < -0.4 is 11.1 Å². The monoisotopic (exact) mass is 263 g/mol. The van der Waals surface area contributed by atoms with Crippen LogP contribution in [-0.2, 0) is 4.79 Å². The van der Waals surface area contributed by atoms with E-state index in [2.05, 4.69) is 10.3 Å². The van der Waals surface area contributed by atoms with Gasteiger partial charge >= 0.3 is 0 Å². The van der Waals surface area contributed by atoms with Crippen LogP contribution in [0, 0.1) is 0 Å². The first kappa shape index (κ1) is 12.8. The van der Waals surface area contributed by atoms with E-state index in [0.29, 0.717) is 22.6 Å². The quantitative estimate of drug-likeness (QED) is 0.894. The summed E-state index contributed by atoms with van der Waals surface area (Å²) < 4.78 is 0. The molecule has 18 heavy (non-hydrogen) atoms. The van der Waals surface area contributed by atoms with Gasteiger partial charge in [-0.2, -0.15) is 0 Å². The van der Waals surface area contributed by atoms with E-state index in [1.54, 1.807) is 24.4 Å². The van der Waals surface area contributed by atoms with Gasteiger partial charge in [-0.05, 0) is 30.7 Å². The zero-order valence-corrected chi connectivity index (χ0v) is 10.7. The number of rotatable bonds is 3. The summed E-state index contributed by atoms with van der Waals surface area (Å²) in [6.07, 6.45) is 2.26. The number of benzene rings is 1. The standard InChI is InChI=1S/C13H14ClN3O/c1-2-10(15)13(18)17-11-6-5-9(14)12-8(11)4-3-7-16-12/h3-7,10H,2,15H2,1H3,(H,17,18)/t10-/m0/s1. The number of halogens is 1. The second-order valence-corrected chi connectivity index (χ2v) is 4.41. The van der Waals surface area contributed by atoms with Gasteiger partial charge in [-0.1, -0.05) is 18.5 Å². The Balaban J connectivity index is 2.40. The molecule has 1 aromatic heterocycles. The number of fused-ring (bicyclic) bond motifs is 1. The maximum Gasteiger partial charge on any atom is 0.241 e. The molecule has 0 unspecified atom stereocenters. The Morgan fingerprint density at radius 2 is 2.28 bits per heavy atom. The molecule has 0 bridgehead atoms. The van der Waals surface area contributed by atoms with Crippen molar-refractivity contribution in [3.05, 3.63) is 35.5 Å². The molecule has 1 aromatic carbocycles. The average Bonchev–Trinajstić information content (AvgIpc) is 2.41. The van der Waals surface area contributed by atoms with Gasteiger partial charge in [0.1, 0.15) is 0 Å². The lowest BCUT2D eigenvalue weighted by Crippen LogP contribution is -2.34. The Labute approximate surface area is 110 Å². The van der Waals surface area contributed by atoms with Crippen LogP contribution in [0.15, 0.2) is 30.5 Å². The maximum absolute atomic E-state index is 11.8. The largest absolute Gasteiger partial charge is 0.324 e. The van der Waals surface area contributed by atoms with Crippen molar-refractivity contribution < 1.29 is 4.79 Å². The van der Waals surface area contributed by atoms with Gasteiger partial charge < -0.3 is 11.1 Å². The first-order valence-electron chi connectivity index (χ1n) is 5.73. The molecule has 1 amide bonds. The molecule has 1 heterocycles. The first-order valence-corrected chi connectivity index (χ1v) is 6.11. The van der Waals surface area contributed by atoms with Gasteiger partial charge in [0.15, 0.2) is 0 Å². The Morgan fingerprint density at radius 1 is 1.50 bits per heavy atom. The molecule has 0 saturated heterocycles. The first-order chi connectivity index (χ1) is 8.63. The minimum Gasteiger partial charge on any atom is -0.324 e. The third kappa shape index (κ3) is 2.44. The highest BCUT2D eigenvalue weighted by molar-refractivity contribution is 6.35. The molecule has 0 saturated carbocycles. The minimum absolute atomic E-state index is 0.204. The number of nitrogens with zero attached hydrogens (tertiary/aromatic N) is 1. The molecule has 0 aliphatic heterocycles. The summed E-state index contributed by atoms with van der Waals surface area (Å²) in [5, 5.41) is 4.17. The predicted octanol–water partition coefficient (Wildman–Crippen LogP) is 2.56. The highest BCUT2D eigenvalue weighted by Crippen LogP contribution is 2.27. The highest BCUT2D eigenvalue weighted by atomic mass is 35.5. The minimum atomic E-state index is -0.507. The van der Waals surface area contributed by atoms with Crippen LogP contribution in [0.1, 0.15) is 13.3 Å². The Morgan fingerprint density at radius 3 is 3.00 bits per heavy atom. The Kier molecular flexibility index (Phi) is 3.79. The molecular weight excluding hydrogens is 250 g/mol. The fourth-order valence-electron chi connectivity index (χ4n) is 1.66. The van der Waals surface area contributed by atoms with Crippen LogP contribution in [0.3, 0.4) is 0 Å². The number of nitrogens with one attached hydrogen (secondary N) is 1. The van der Waals surface area contributed by atoms with Crippen molar-refractivity contribution in [3.8, 4) is 0 Å². The molecule has 5 heteroatoms. The van der Waals surface area contributed by atoms with Gasteiger partial charge in [-0.3, -0.25) is 9.78 Å². The smallest absolute Gasteiger partial charge is 0.241 e. The number of hydrogen-bond donors (Lipinski definition) is 2. The van der Waals surface area contributed by atoms with Crippen molar-refractivity contribution in [2.45, 2.75) is 19.4 Å². The van der Waals surface area contributed by atoms with Crippen molar-refractivity contribution in [2.75, 3.05) is 5.32 Å². The van der Waals surface area contributed by atoms with E-state index in [4.69, 9.17) is 17.3 Å². The number of pyridine rings is 1. The molecule has 2 rings (SSSR count). The van der Waals surface area contributed by atoms with E-state index in [9.17, 15) is 4.79 Å². The van der Waals surface area contributed by atoms with Crippen molar-refractivity contribution in [3.63, 3.8) is 0 Å². The summed E-state index contributed by atoms with van der Waals surface area (Å²) in [6, 6.07) is 6.62. The summed E-state index contributed by atoms with van der Waals surface area (Å²) in [4.78, 5) is 16.0. The van der Waals surface area contributed by atoms with Crippen LogP contribution in [0.25, 0.3) is 10.9 Å². The summed E-state index contributed by atoms with van der Waals surface area (Å²) in [5.74, 6) is -0.204. The van der Waals surface area contributed by atoms with Crippen LogP contribution in [0.4, 0.5) is 5.69 Å². The molecule has 0 fully saturated rings. The average molecular weight is 264 g/mol. The van der Waals surface area contributed by atoms with E-state index in [-0.39, 0.29) is 5.91 Å². The molecular formula is C13H14ClN3O. The summed E-state index contributed by atoms with van der Waals surface area (Å²) in [7, 11) is 0. The third-order valence-electron chi connectivity index (χ3n) is 2.75. The molecule has 0 aliphatic carbocycles. The number of carbonyl (C=O) groups excluding carboxylic acids is 1. The summed E-state index contributed by atoms with van der Waals surface area (Å²) in [6.45, 7) is 1.87. The van der Waals surface area contributed by atoms with Crippen molar-refractivity contribution >= 4 is 34.1 Å². The molecule has 94 valence electrons. The van der Waals surface area contributed by atoms with Crippen molar-refractivity contribution in [2.24, 2.45) is 5.73 Å². The zero-order valence-electron chi connectivity index (χ0n) is 9.98. The molecule has 2 aromatic rings. The molecule has 0 spiro atoms. The van der Waals surface area contributed by atoms with E-state index < -0.39 is 6.04 Å². The second kappa shape index (κ2) is 5.33. The lowest BCUT2D eigenvalue weighted by molar-refractivity contribution is -0.117. The van der Waals surface area contributed by atoms with E-state index in [0.717, 1.165) is 5.39 Å². The van der Waals surface area contributed by atoms with E-state index >= 15 is 0 Å². The summed E-state index contributed by atoms with van der Waals surface area (Å²) in [5.41, 5.74) is 7.03. The van der Waals surface area contributed by atoms with Gasteiger partial charge in [0.2, 0.25) is 5.91 Å². The van der Waals surface area contributed by atoms with Crippen LogP contribution >= 0.6 is 11.6 Å². The number of hydrogen-bond acceptors (Lipinski definition) is 3. The fraction of sp³-hybridized carbons (Fsp3) is 0.231. The van der Waals surface area contributed by atoms with Crippen molar-refractivity contribution in [1.29, 1.82) is 0 Å². The van der Waals surface area contributed by atoms with Gasteiger partial charge in [-0.25, -0.2) is 0 Å². The summed E-state index contributed by atoms with van der Waals surface area (Å²) >= 11 is 6.06. The van der Waals surface area contributed by atoms with Crippen LogP contribution in [-0.4, -0.2) is 16.9 Å². The van der Waals surface area contributed by atoms with Gasteiger partial charge in [0.25, 0.3) is 0 Å². The van der Waals surface area contributed by atoms with Crippen LogP contribution in [0.5, 0.6) is 0 Å². The van der Waals surface area contributed by atoms with E-state index in [1.807, 2.05) is 13.0 Å². The van der Waals surface area contributed by atoms with Gasteiger partial charge in [0, 0.05) is 11.6 Å². The number of anilines is 1. The fourth-order valence-corrected chi connectivity index (χ4v) is 1.87.